The van der Waals surface area contributed by atoms with Gasteiger partial charge in [-0.05, 0) is 79.2 Å². The summed E-state index contributed by atoms with van der Waals surface area (Å²) in [7, 11) is 2.20. The van der Waals surface area contributed by atoms with Crippen molar-refractivity contribution in [3.05, 3.63) is 38.6 Å². The van der Waals surface area contributed by atoms with Crippen LogP contribution in [0.3, 0.4) is 0 Å². The van der Waals surface area contributed by atoms with Crippen molar-refractivity contribution in [3.63, 3.8) is 0 Å². The number of nitrogens with zero attached hydrogens (tertiary/aromatic N) is 4. The molecule has 0 atom stereocenters. The van der Waals surface area contributed by atoms with Gasteiger partial charge in [0.15, 0.2) is 5.65 Å². The molecule has 148 valence electrons. The molecule has 0 aliphatic carbocycles. The second-order valence-electron chi connectivity index (χ2n) is 7.91. The van der Waals surface area contributed by atoms with E-state index in [9.17, 15) is 0 Å². The number of H-pyrrole nitrogens is 1. The monoisotopic (exact) mass is 489 g/mol. The van der Waals surface area contributed by atoms with Gasteiger partial charge in [0.25, 0.3) is 0 Å². The fourth-order valence-corrected chi connectivity index (χ4v) is 5.02. The summed E-state index contributed by atoms with van der Waals surface area (Å²) in [5, 5.41) is 10.2. The van der Waals surface area contributed by atoms with Gasteiger partial charge in [-0.2, -0.15) is 0 Å². The van der Waals surface area contributed by atoms with E-state index < -0.39 is 0 Å². The predicted octanol–water partition coefficient (Wildman–Crippen LogP) is 4.55. The lowest BCUT2D eigenvalue weighted by molar-refractivity contribution is 0.312. The third-order valence-corrected chi connectivity index (χ3v) is 6.90. The summed E-state index contributed by atoms with van der Waals surface area (Å²) in [6, 6.07) is 6.72. The maximum Gasteiger partial charge on any atom is 0.161 e. The van der Waals surface area contributed by atoms with Crippen LogP contribution in [0.2, 0.25) is 0 Å². The topological polar surface area (TPSA) is 48.1 Å². The lowest BCUT2D eigenvalue weighted by Gasteiger charge is -2.36. The van der Waals surface area contributed by atoms with E-state index >= 15 is 0 Å². The summed E-state index contributed by atoms with van der Waals surface area (Å²) >= 11 is 2.43. The maximum atomic E-state index is 4.52. The fourth-order valence-electron chi connectivity index (χ4n) is 4.21. The van der Waals surface area contributed by atoms with Crippen molar-refractivity contribution in [1.29, 1.82) is 0 Å². The summed E-state index contributed by atoms with van der Waals surface area (Å²) < 4.78 is 1.27. The number of aromatic amines is 1. The molecular formula is C22H28IN5. The van der Waals surface area contributed by atoms with E-state index in [4.69, 9.17) is 0 Å². The largest absolute Gasteiger partial charge is 0.369 e. The highest BCUT2D eigenvalue weighted by molar-refractivity contribution is 14.1. The number of likely N-dealkylation sites (N-methyl/N-ethyl adjacent to an activating group) is 1. The Bertz CT molecular complexity index is 979. The van der Waals surface area contributed by atoms with Crippen LogP contribution in [0.1, 0.15) is 30.2 Å². The highest BCUT2D eigenvalue weighted by Crippen LogP contribution is 2.32. The van der Waals surface area contributed by atoms with Crippen molar-refractivity contribution in [2.45, 2.75) is 33.6 Å². The van der Waals surface area contributed by atoms with E-state index in [2.05, 4.69) is 93.6 Å². The molecule has 0 spiro atoms. The Kier molecular flexibility index (Phi) is 5.60. The van der Waals surface area contributed by atoms with Gasteiger partial charge in [-0.25, -0.2) is 0 Å². The summed E-state index contributed by atoms with van der Waals surface area (Å²) in [5.74, 6) is 0. The number of hydrogen-bond acceptors (Lipinski definition) is 4. The molecule has 4 rings (SSSR count). The molecule has 6 heteroatoms. The summed E-state index contributed by atoms with van der Waals surface area (Å²) in [6.45, 7) is 11.1. The molecule has 5 nitrogen and oxygen atoms in total. The summed E-state index contributed by atoms with van der Waals surface area (Å²) in [4.78, 5) is 8.35. The Hall–Kier alpha value is -1.67. The highest BCUT2D eigenvalue weighted by Gasteiger charge is 2.19. The van der Waals surface area contributed by atoms with Crippen LogP contribution in [0.25, 0.3) is 22.3 Å². The van der Waals surface area contributed by atoms with Gasteiger partial charge in [0.05, 0.1) is 5.69 Å². The number of aromatic nitrogens is 3. The Balaban J connectivity index is 1.70. The number of hydrogen-bond donors (Lipinski definition) is 1. The zero-order chi connectivity index (χ0) is 19.8. The van der Waals surface area contributed by atoms with Gasteiger partial charge in [0, 0.05) is 52.1 Å². The second kappa shape index (κ2) is 7.99. The first-order valence-electron chi connectivity index (χ1n) is 10.1. The lowest BCUT2D eigenvalue weighted by atomic mass is 10.0. The van der Waals surface area contributed by atoms with Crippen LogP contribution in [0.5, 0.6) is 0 Å². The van der Waals surface area contributed by atoms with Crippen LogP contribution in [0.15, 0.2) is 18.2 Å². The van der Waals surface area contributed by atoms with Crippen LogP contribution >= 0.6 is 22.6 Å². The molecular weight excluding hydrogens is 461 g/mol. The normalized spacial score (nSPS) is 15.5. The van der Waals surface area contributed by atoms with Crippen molar-refractivity contribution in [2.75, 3.05) is 38.1 Å². The minimum absolute atomic E-state index is 0.888. The lowest BCUT2D eigenvalue weighted by Crippen LogP contribution is -2.45. The van der Waals surface area contributed by atoms with Gasteiger partial charge in [-0.15, -0.1) is 10.2 Å². The van der Waals surface area contributed by atoms with E-state index in [0.29, 0.717) is 0 Å². The molecule has 1 saturated heterocycles. The second-order valence-corrected chi connectivity index (χ2v) is 8.99. The molecule has 1 fully saturated rings. The number of piperazine rings is 1. The van der Waals surface area contributed by atoms with Crippen LogP contribution in [-0.2, 0) is 6.42 Å². The van der Waals surface area contributed by atoms with Crippen molar-refractivity contribution in [3.8, 4) is 11.3 Å². The van der Waals surface area contributed by atoms with Crippen LogP contribution in [0.4, 0.5) is 5.69 Å². The molecule has 0 unspecified atom stereocenters. The molecule has 1 N–H and O–H groups in total. The summed E-state index contributed by atoms with van der Waals surface area (Å²) in [6.07, 6.45) is 2.16. The molecule has 3 heterocycles. The Labute approximate surface area is 180 Å². The number of rotatable bonds is 4. The quantitative estimate of drug-likeness (QED) is 0.547. The first-order valence-corrected chi connectivity index (χ1v) is 11.1. The third-order valence-electron chi connectivity index (χ3n) is 5.67. The minimum Gasteiger partial charge on any atom is -0.369 e. The Morgan fingerprint density at radius 2 is 1.71 bits per heavy atom. The molecule has 1 aliphatic rings. The van der Waals surface area contributed by atoms with Gasteiger partial charge < -0.3 is 14.8 Å². The number of anilines is 1. The van der Waals surface area contributed by atoms with Crippen LogP contribution in [-0.4, -0.2) is 53.3 Å². The third kappa shape index (κ3) is 3.64. The fraction of sp³-hybridized carbons (Fsp3) is 0.455. The average molecular weight is 489 g/mol. The van der Waals surface area contributed by atoms with Crippen molar-refractivity contribution in [2.24, 2.45) is 0 Å². The van der Waals surface area contributed by atoms with E-state index in [1.54, 1.807) is 0 Å². The minimum atomic E-state index is 0.888. The standard InChI is InChI=1S/C22H28IN5/c1-5-6-18-20(23)17-13-19(25-26-22(17)24-18)16-11-14(2)21(15(3)12-16)28-9-7-27(4)8-10-28/h11-13H,5-10H2,1-4H3,(H,24,26). The van der Waals surface area contributed by atoms with Crippen LogP contribution < -0.4 is 4.90 Å². The number of aryl methyl sites for hydroxylation is 3. The number of benzene rings is 1. The zero-order valence-electron chi connectivity index (χ0n) is 17.1. The van der Waals surface area contributed by atoms with Crippen molar-refractivity contribution >= 4 is 39.3 Å². The zero-order valence-corrected chi connectivity index (χ0v) is 19.3. The number of nitrogens with one attached hydrogen (secondary N) is 1. The van der Waals surface area contributed by atoms with Crippen LogP contribution in [0, 0.1) is 17.4 Å². The summed E-state index contributed by atoms with van der Waals surface area (Å²) in [5.41, 5.74) is 8.27. The Morgan fingerprint density at radius 1 is 1.04 bits per heavy atom. The smallest absolute Gasteiger partial charge is 0.161 e. The van der Waals surface area contributed by atoms with E-state index in [0.717, 1.165) is 55.9 Å². The molecule has 1 aliphatic heterocycles. The van der Waals surface area contributed by atoms with E-state index in [-0.39, 0.29) is 0 Å². The molecule has 3 aromatic rings. The molecule has 0 amide bonds. The molecule has 2 aromatic heterocycles. The number of halogens is 1. The molecule has 0 radical (unpaired) electrons. The molecule has 28 heavy (non-hydrogen) atoms. The number of fused-ring (bicyclic) bond motifs is 1. The molecule has 0 bridgehead atoms. The Morgan fingerprint density at radius 3 is 2.36 bits per heavy atom. The maximum absolute atomic E-state index is 4.52. The first-order chi connectivity index (χ1) is 13.5. The van der Waals surface area contributed by atoms with Gasteiger partial charge in [-0.1, -0.05) is 13.3 Å². The molecule has 0 saturated carbocycles. The SMILES string of the molecule is CCCc1[nH]c2nnc(-c3cc(C)c(N4CCN(C)CC4)c(C)c3)cc2c1I. The van der Waals surface area contributed by atoms with Crippen molar-refractivity contribution < 1.29 is 0 Å². The highest BCUT2D eigenvalue weighted by atomic mass is 127. The average Bonchev–Trinajstić information content (AvgIpc) is 2.98. The van der Waals surface area contributed by atoms with E-state index in [1.807, 2.05) is 0 Å². The molecule has 1 aromatic carbocycles. The first kappa shape index (κ1) is 19.6. The van der Waals surface area contributed by atoms with E-state index in [1.165, 1.54) is 31.5 Å². The predicted molar refractivity (Wildman–Crippen MR) is 125 cm³/mol. The van der Waals surface area contributed by atoms with Gasteiger partial charge >= 0.3 is 0 Å². The van der Waals surface area contributed by atoms with Crippen molar-refractivity contribution in [1.82, 2.24) is 20.1 Å². The van der Waals surface area contributed by atoms with Gasteiger partial charge in [0.1, 0.15) is 0 Å². The van der Waals surface area contributed by atoms with Gasteiger partial charge in [0.2, 0.25) is 0 Å². The van der Waals surface area contributed by atoms with Gasteiger partial charge in [-0.3, -0.25) is 0 Å².